The second-order valence-corrected chi connectivity index (χ2v) is 4.52. The molecule has 0 atom stereocenters. The van der Waals surface area contributed by atoms with Gasteiger partial charge in [-0.1, -0.05) is 55.6 Å². The van der Waals surface area contributed by atoms with Crippen molar-refractivity contribution in [3.63, 3.8) is 0 Å². The number of carbonyl (C=O) groups is 2. The third-order valence-corrected chi connectivity index (χ3v) is 2.86. The lowest BCUT2D eigenvalue weighted by Crippen LogP contribution is -2.14. The van der Waals surface area contributed by atoms with Crippen LogP contribution < -0.4 is 9.47 Å². The fourth-order valence-corrected chi connectivity index (χ4v) is 1.89. The summed E-state index contributed by atoms with van der Waals surface area (Å²) in [4.78, 5) is 23.4. The van der Waals surface area contributed by atoms with E-state index in [0.717, 1.165) is 5.39 Å². The molecule has 2 aromatic carbocycles. The zero-order valence-electron chi connectivity index (χ0n) is 12.9. The minimum Gasteiger partial charge on any atom is -0.430 e. The Bertz CT molecular complexity index is 765. The summed E-state index contributed by atoms with van der Waals surface area (Å²) in [5, 5.41) is 1.39. The van der Waals surface area contributed by atoms with Crippen molar-refractivity contribution in [1.82, 2.24) is 0 Å². The van der Waals surface area contributed by atoms with Crippen molar-refractivity contribution >= 4 is 23.1 Å². The van der Waals surface area contributed by atoms with Crippen molar-refractivity contribution in [2.45, 2.75) is 0 Å². The van der Waals surface area contributed by atoms with Crippen LogP contribution in [0.5, 0.6) is 11.5 Å². The van der Waals surface area contributed by atoms with Crippen molar-refractivity contribution < 1.29 is 28.5 Å². The van der Waals surface area contributed by atoms with Gasteiger partial charge >= 0.3 is 12.3 Å². The summed E-state index contributed by atoms with van der Waals surface area (Å²) in [7, 11) is 0. The molecule has 2 rings (SSSR count). The van der Waals surface area contributed by atoms with Crippen molar-refractivity contribution in [3.8, 4) is 11.5 Å². The van der Waals surface area contributed by atoms with Crippen LogP contribution >= 0.6 is 0 Å². The lowest BCUT2D eigenvalue weighted by molar-refractivity contribution is 0.0997. The first-order valence-electron chi connectivity index (χ1n) is 7.08. The van der Waals surface area contributed by atoms with E-state index in [-0.39, 0.29) is 24.7 Å². The maximum Gasteiger partial charge on any atom is 0.514 e. The molecule has 6 nitrogen and oxygen atoms in total. The van der Waals surface area contributed by atoms with Gasteiger partial charge < -0.3 is 18.9 Å². The largest absolute Gasteiger partial charge is 0.514 e. The van der Waals surface area contributed by atoms with Gasteiger partial charge in [0.2, 0.25) is 0 Å². The van der Waals surface area contributed by atoms with Gasteiger partial charge in [0.05, 0.1) is 0 Å². The van der Waals surface area contributed by atoms with Gasteiger partial charge in [-0.3, -0.25) is 0 Å². The van der Waals surface area contributed by atoms with E-state index < -0.39 is 12.3 Å². The minimum absolute atomic E-state index is 0.00116. The van der Waals surface area contributed by atoms with Crippen LogP contribution in [0, 0.1) is 0 Å². The smallest absolute Gasteiger partial charge is 0.430 e. The van der Waals surface area contributed by atoms with Gasteiger partial charge in [-0.15, -0.1) is 0 Å². The molecule has 2 aromatic rings. The Kier molecular flexibility index (Phi) is 5.96. The number of rotatable bonds is 6. The maximum atomic E-state index is 11.7. The molecule has 0 aliphatic carbocycles. The lowest BCUT2D eigenvalue weighted by Gasteiger charge is -2.12. The molecule has 0 saturated carbocycles. The highest BCUT2D eigenvalue weighted by atomic mass is 16.7. The van der Waals surface area contributed by atoms with Crippen LogP contribution in [-0.4, -0.2) is 25.5 Å². The molecular weight excluding hydrogens is 312 g/mol. The minimum atomic E-state index is -0.936. The number of hydrogen-bond donors (Lipinski definition) is 0. The number of hydrogen-bond acceptors (Lipinski definition) is 6. The predicted molar refractivity (Wildman–Crippen MR) is 88.3 cm³/mol. The fraction of sp³-hybridized carbons (Fsp3) is 0.111. The van der Waals surface area contributed by atoms with Crippen molar-refractivity contribution in [1.29, 1.82) is 0 Å². The van der Waals surface area contributed by atoms with E-state index in [0.29, 0.717) is 5.39 Å². The highest BCUT2D eigenvalue weighted by Gasteiger charge is 2.18. The summed E-state index contributed by atoms with van der Waals surface area (Å²) >= 11 is 0. The van der Waals surface area contributed by atoms with E-state index in [1.165, 1.54) is 18.2 Å². The van der Waals surface area contributed by atoms with Crippen LogP contribution in [0.15, 0.2) is 61.7 Å². The van der Waals surface area contributed by atoms with Gasteiger partial charge in [-0.25, -0.2) is 9.59 Å². The van der Waals surface area contributed by atoms with Gasteiger partial charge in [0.25, 0.3) is 0 Å². The quantitative estimate of drug-likeness (QED) is 0.449. The van der Waals surface area contributed by atoms with Crippen LogP contribution in [0.25, 0.3) is 10.8 Å². The summed E-state index contributed by atoms with van der Waals surface area (Å²) in [5.41, 5.74) is 0. The molecular formula is C18H16O6. The van der Waals surface area contributed by atoms with E-state index in [1.54, 1.807) is 18.2 Å². The third kappa shape index (κ3) is 4.36. The molecule has 0 fully saturated rings. The highest BCUT2D eigenvalue weighted by molar-refractivity contribution is 5.93. The zero-order chi connectivity index (χ0) is 17.4. The van der Waals surface area contributed by atoms with Gasteiger partial charge in [0.15, 0.2) is 11.5 Å². The molecule has 0 aliphatic heterocycles. The average molecular weight is 328 g/mol. The van der Waals surface area contributed by atoms with Crippen LogP contribution in [0.2, 0.25) is 0 Å². The monoisotopic (exact) mass is 328 g/mol. The molecule has 0 bridgehead atoms. The first-order chi connectivity index (χ1) is 11.7. The molecule has 0 aliphatic rings. The SMILES string of the molecule is C=CCOC(=O)Oc1ccc2ccccc2c1OC(=O)OCC=C. The summed E-state index contributed by atoms with van der Waals surface area (Å²) in [6.45, 7) is 6.89. The molecule has 0 radical (unpaired) electrons. The molecule has 0 aromatic heterocycles. The van der Waals surface area contributed by atoms with E-state index in [2.05, 4.69) is 13.2 Å². The molecule has 24 heavy (non-hydrogen) atoms. The molecule has 0 saturated heterocycles. The number of ether oxygens (including phenoxy) is 4. The number of carbonyl (C=O) groups excluding carboxylic acids is 2. The normalized spacial score (nSPS) is 9.83. The average Bonchev–Trinajstić information content (AvgIpc) is 2.60. The summed E-state index contributed by atoms with van der Waals surface area (Å²) in [6, 6.07) is 10.4. The summed E-state index contributed by atoms with van der Waals surface area (Å²) in [5.74, 6) is 0.107. The first kappa shape index (κ1) is 17.1. The molecule has 124 valence electrons. The summed E-state index contributed by atoms with van der Waals surface area (Å²) in [6.07, 6.45) is 0.949. The van der Waals surface area contributed by atoms with Gasteiger partial charge in [0.1, 0.15) is 13.2 Å². The van der Waals surface area contributed by atoms with Crippen LogP contribution in [0.4, 0.5) is 9.59 Å². The standard InChI is InChI=1S/C18H16O6/c1-3-11-21-17(19)23-15-10-9-13-7-5-6-8-14(13)16(15)24-18(20)22-12-4-2/h3-10H,1-2,11-12H2. The van der Waals surface area contributed by atoms with E-state index in [9.17, 15) is 9.59 Å². The fourth-order valence-electron chi connectivity index (χ4n) is 1.89. The van der Waals surface area contributed by atoms with Crippen molar-refractivity contribution in [3.05, 3.63) is 61.7 Å². The Balaban J connectivity index is 2.33. The van der Waals surface area contributed by atoms with Gasteiger partial charge in [-0.2, -0.15) is 0 Å². The number of fused-ring (bicyclic) bond motifs is 1. The van der Waals surface area contributed by atoms with Crippen molar-refractivity contribution in [2.75, 3.05) is 13.2 Å². The molecule has 0 spiro atoms. The van der Waals surface area contributed by atoms with E-state index >= 15 is 0 Å². The first-order valence-corrected chi connectivity index (χ1v) is 7.08. The maximum absolute atomic E-state index is 11.7. The molecule has 0 heterocycles. The molecule has 0 amide bonds. The number of benzene rings is 2. The highest BCUT2D eigenvalue weighted by Crippen LogP contribution is 2.36. The van der Waals surface area contributed by atoms with Gasteiger partial charge in [0, 0.05) is 5.39 Å². The zero-order valence-corrected chi connectivity index (χ0v) is 12.9. The Labute approximate surface area is 138 Å². The van der Waals surface area contributed by atoms with Gasteiger partial charge in [-0.05, 0) is 11.5 Å². The van der Waals surface area contributed by atoms with E-state index in [4.69, 9.17) is 18.9 Å². The second-order valence-electron chi connectivity index (χ2n) is 4.52. The summed E-state index contributed by atoms with van der Waals surface area (Å²) < 4.78 is 19.9. The van der Waals surface area contributed by atoms with E-state index in [1.807, 2.05) is 12.1 Å². The Morgan fingerprint density at radius 1 is 0.875 bits per heavy atom. The van der Waals surface area contributed by atoms with Crippen LogP contribution in [0.1, 0.15) is 0 Å². The van der Waals surface area contributed by atoms with Crippen molar-refractivity contribution in [2.24, 2.45) is 0 Å². The topological polar surface area (TPSA) is 71.1 Å². The Hall–Kier alpha value is -3.28. The molecule has 0 N–H and O–H groups in total. The Morgan fingerprint density at radius 2 is 1.50 bits per heavy atom. The van der Waals surface area contributed by atoms with Crippen LogP contribution in [0.3, 0.4) is 0 Å². The second kappa shape index (κ2) is 8.38. The lowest BCUT2D eigenvalue weighted by atomic mass is 10.1. The molecule has 0 unspecified atom stereocenters. The van der Waals surface area contributed by atoms with Crippen LogP contribution in [-0.2, 0) is 9.47 Å². The third-order valence-electron chi connectivity index (χ3n) is 2.86. The Morgan fingerprint density at radius 3 is 2.17 bits per heavy atom. The predicted octanol–water partition coefficient (Wildman–Crippen LogP) is 4.24. The molecule has 6 heteroatoms.